The van der Waals surface area contributed by atoms with Crippen molar-refractivity contribution in [3.05, 3.63) is 23.2 Å². The molecule has 0 fully saturated rings. The average molecular weight is 264 g/mol. The van der Waals surface area contributed by atoms with Crippen molar-refractivity contribution in [3.63, 3.8) is 0 Å². The number of ether oxygens (including phenoxy) is 1. The summed E-state index contributed by atoms with van der Waals surface area (Å²) in [6, 6.07) is 4.40. The number of rotatable bonds is 3. The van der Waals surface area contributed by atoms with Crippen molar-refractivity contribution in [2.24, 2.45) is 5.73 Å². The number of hydrogen-bond donors (Lipinski definition) is 1. The zero-order valence-corrected chi connectivity index (χ0v) is 10.9. The minimum Gasteiger partial charge on any atom is -0.495 e. The molecule has 90 valence electrons. The molecule has 2 N–H and O–H groups in total. The number of nitrogens with two attached hydrogens (primary N) is 1. The maximum absolute atomic E-state index is 12.1. The Morgan fingerprint density at radius 2 is 1.94 bits per heavy atom. The van der Waals surface area contributed by atoms with Crippen LogP contribution in [0.4, 0.5) is 0 Å². The van der Waals surface area contributed by atoms with Crippen LogP contribution in [0.5, 0.6) is 5.75 Å². The molecule has 4 nitrogen and oxygen atoms in total. The quantitative estimate of drug-likeness (QED) is 0.903. The highest BCUT2D eigenvalue weighted by Crippen LogP contribution is 2.31. The molecule has 0 atom stereocenters. The highest BCUT2D eigenvalue weighted by atomic mass is 35.5. The molecule has 0 aliphatic heterocycles. The predicted octanol–water partition coefficient (Wildman–Crippen LogP) is 1.82. The maximum atomic E-state index is 12.1. The summed E-state index contributed by atoms with van der Waals surface area (Å²) in [6.45, 7) is 2.84. The maximum Gasteiger partial charge on any atom is 0.200 e. The molecular formula is C10H14ClNO3S. The van der Waals surface area contributed by atoms with Crippen LogP contribution in [-0.4, -0.2) is 20.4 Å². The van der Waals surface area contributed by atoms with E-state index in [0.717, 1.165) is 0 Å². The molecule has 0 saturated carbocycles. The molecule has 0 bridgehead atoms. The van der Waals surface area contributed by atoms with Crippen molar-refractivity contribution in [1.29, 1.82) is 0 Å². The minimum absolute atomic E-state index is 0.00926. The zero-order valence-electron chi connectivity index (χ0n) is 9.32. The van der Waals surface area contributed by atoms with E-state index in [-0.39, 0.29) is 10.6 Å². The molecule has 16 heavy (non-hydrogen) atoms. The zero-order chi connectivity index (χ0) is 12.6. The van der Waals surface area contributed by atoms with E-state index in [2.05, 4.69) is 0 Å². The minimum atomic E-state index is -3.67. The smallest absolute Gasteiger partial charge is 0.200 e. The number of methoxy groups -OCH3 is 1. The first kappa shape index (κ1) is 13.3. The second-order valence-electron chi connectivity index (χ2n) is 3.90. The third-order valence-electron chi connectivity index (χ3n) is 2.11. The third kappa shape index (κ3) is 2.31. The molecule has 0 spiro atoms. The van der Waals surface area contributed by atoms with Gasteiger partial charge >= 0.3 is 0 Å². The largest absolute Gasteiger partial charge is 0.495 e. The van der Waals surface area contributed by atoms with E-state index in [1.54, 1.807) is 6.07 Å². The molecule has 0 aliphatic rings. The SMILES string of the molecule is COc1ccc(Cl)cc1S(=O)(=O)C(C)(C)N. The van der Waals surface area contributed by atoms with E-state index in [1.807, 2.05) is 0 Å². The highest BCUT2D eigenvalue weighted by Gasteiger charge is 2.34. The number of halogens is 1. The molecular weight excluding hydrogens is 250 g/mol. The summed E-state index contributed by atoms with van der Waals surface area (Å²) in [7, 11) is -2.28. The lowest BCUT2D eigenvalue weighted by atomic mass is 10.3. The Labute approximate surface area is 100 Å². The van der Waals surface area contributed by atoms with Gasteiger partial charge in [0.05, 0.1) is 7.11 Å². The Kier molecular flexibility index (Phi) is 3.52. The van der Waals surface area contributed by atoms with E-state index in [9.17, 15) is 8.42 Å². The van der Waals surface area contributed by atoms with Gasteiger partial charge in [0.1, 0.15) is 15.5 Å². The molecule has 0 unspecified atom stereocenters. The van der Waals surface area contributed by atoms with Crippen LogP contribution < -0.4 is 10.5 Å². The fraction of sp³-hybridized carbons (Fsp3) is 0.400. The Hall–Kier alpha value is -0.780. The summed E-state index contributed by atoms with van der Waals surface area (Å²) in [5, 5.41) is 0.323. The van der Waals surface area contributed by atoms with Gasteiger partial charge in [-0.25, -0.2) is 8.42 Å². The van der Waals surface area contributed by atoms with Crippen molar-refractivity contribution < 1.29 is 13.2 Å². The van der Waals surface area contributed by atoms with Gasteiger partial charge in [0.25, 0.3) is 0 Å². The molecule has 6 heteroatoms. The summed E-state index contributed by atoms with van der Waals surface area (Å²) >= 11 is 5.77. The van der Waals surface area contributed by atoms with Crippen LogP contribution >= 0.6 is 11.6 Å². The normalized spacial score (nSPS) is 12.6. The average Bonchev–Trinajstić information content (AvgIpc) is 2.16. The molecule has 0 amide bonds. The van der Waals surface area contributed by atoms with Crippen LogP contribution in [-0.2, 0) is 9.84 Å². The van der Waals surface area contributed by atoms with Crippen molar-refractivity contribution in [2.45, 2.75) is 23.6 Å². The lowest BCUT2D eigenvalue weighted by molar-refractivity contribution is 0.401. The fourth-order valence-electron chi connectivity index (χ4n) is 1.14. The van der Waals surface area contributed by atoms with Gasteiger partial charge in [0.2, 0.25) is 0 Å². The lowest BCUT2D eigenvalue weighted by Crippen LogP contribution is -2.41. The van der Waals surface area contributed by atoms with E-state index in [0.29, 0.717) is 5.02 Å². The van der Waals surface area contributed by atoms with Crippen molar-refractivity contribution in [1.82, 2.24) is 0 Å². The van der Waals surface area contributed by atoms with Gasteiger partial charge in [-0.05, 0) is 32.0 Å². The van der Waals surface area contributed by atoms with E-state index < -0.39 is 14.7 Å². The van der Waals surface area contributed by atoms with E-state index in [4.69, 9.17) is 22.1 Å². The van der Waals surface area contributed by atoms with Gasteiger partial charge in [-0.15, -0.1) is 0 Å². The van der Waals surface area contributed by atoms with Crippen LogP contribution in [0.25, 0.3) is 0 Å². The van der Waals surface area contributed by atoms with Crippen LogP contribution in [0, 0.1) is 0 Å². The van der Waals surface area contributed by atoms with Crippen molar-refractivity contribution in [2.75, 3.05) is 7.11 Å². The molecule has 0 radical (unpaired) electrons. The number of hydrogen-bond acceptors (Lipinski definition) is 4. The van der Waals surface area contributed by atoms with Gasteiger partial charge < -0.3 is 10.5 Å². The van der Waals surface area contributed by atoms with Gasteiger partial charge in [0.15, 0.2) is 9.84 Å². The molecule has 0 aromatic heterocycles. The molecule has 1 aromatic carbocycles. The van der Waals surface area contributed by atoms with Gasteiger partial charge in [-0.2, -0.15) is 0 Å². The molecule has 0 saturated heterocycles. The number of sulfone groups is 1. The Bertz CT molecular complexity index is 491. The number of benzene rings is 1. The van der Waals surface area contributed by atoms with Crippen molar-refractivity contribution >= 4 is 21.4 Å². The van der Waals surface area contributed by atoms with Crippen LogP contribution in [0.2, 0.25) is 5.02 Å². The first-order chi connectivity index (χ1) is 7.20. The highest BCUT2D eigenvalue weighted by molar-refractivity contribution is 7.92. The molecule has 0 aliphatic carbocycles. The first-order valence-corrected chi connectivity index (χ1v) is 6.43. The monoisotopic (exact) mass is 263 g/mol. The van der Waals surface area contributed by atoms with Gasteiger partial charge in [-0.3, -0.25) is 0 Å². The summed E-state index contributed by atoms with van der Waals surface area (Å²) in [4.78, 5) is -1.37. The van der Waals surface area contributed by atoms with E-state index >= 15 is 0 Å². The van der Waals surface area contributed by atoms with E-state index in [1.165, 1.54) is 33.1 Å². The van der Waals surface area contributed by atoms with Crippen LogP contribution in [0.15, 0.2) is 23.1 Å². The second kappa shape index (κ2) is 4.24. The van der Waals surface area contributed by atoms with Crippen LogP contribution in [0.3, 0.4) is 0 Å². The summed E-state index contributed by atoms with van der Waals surface area (Å²) in [6.07, 6.45) is 0. The lowest BCUT2D eigenvalue weighted by Gasteiger charge is -2.20. The third-order valence-corrected chi connectivity index (χ3v) is 4.63. The summed E-state index contributed by atoms with van der Waals surface area (Å²) < 4.78 is 29.2. The Balaban J connectivity index is 3.50. The topological polar surface area (TPSA) is 69.4 Å². The van der Waals surface area contributed by atoms with Crippen molar-refractivity contribution in [3.8, 4) is 5.75 Å². The van der Waals surface area contributed by atoms with Crippen LogP contribution in [0.1, 0.15) is 13.8 Å². The second-order valence-corrected chi connectivity index (χ2v) is 6.84. The Morgan fingerprint density at radius 3 is 2.38 bits per heavy atom. The first-order valence-electron chi connectivity index (χ1n) is 4.57. The van der Waals surface area contributed by atoms with Gasteiger partial charge in [0, 0.05) is 5.02 Å². The summed E-state index contributed by atoms with van der Waals surface area (Å²) in [5.41, 5.74) is 5.63. The fourth-order valence-corrected chi connectivity index (χ4v) is 2.65. The Morgan fingerprint density at radius 1 is 1.38 bits per heavy atom. The predicted molar refractivity (Wildman–Crippen MR) is 63.5 cm³/mol. The summed E-state index contributed by atoms with van der Waals surface area (Å²) in [5.74, 6) is 0.239. The standard InChI is InChI=1S/C10H14ClNO3S/c1-10(2,12)16(13,14)9-6-7(11)4-5-8(9)15-3/h4-6H,12H2,1-3H3. The molecule has 1 aromatic rings. The molecule has 0 heterocycles. The molecule has 1 rings (SSSR count). The van der Waals surface area contributed by atoms with Gasteiger partial charge in [-0.1, -0.05) is 11.6 Å².